The van der Waals surface area contributed by atoms with Gasteiger partial charge in [0.15, 0.2) is 5.84 Å². The summed E-state index contributed by atoms with van der Waals surface area (Å²) in [5.41, 5.74) is 8.95. The van der Waals surface area contributed by atoms with Crippen LogP contribution in [0.15, 0.2) is 186 Å². The van der Waals surface area contributed by atoms with Crippen molar-refractivity contribution in [1.82, 2.24) is 19.8 Å². The van der Waals surface area contributed by atoms with Gasteiger partial charge in [0.05, 0.1) is 22.1 Å². The van der Waals surface area contributed by atoms with E-state index in [4.69, 9.17) is 9.98 Å². The molecule has 50 heavy (non-hydrogen) atoms. The summed E-state index contributed by atoms with van der Waals surface area (Å²) >= 11 is 0. The highest BCUT2D eigenvalue weighted by atomic mass is 15.2. The maximum Gasteiger partial charge on any atom is 0.159 e. The second kappa shape index (κ2) is 11.5. The van der Waals surface area contributed by atoms with Crippen molar-refractivity contribution in [1.29, 1.82) is 0 Å². The highest BCUT2D eigenvalue weighted by Gasteiger charge is 2.25. The van der Waals surface area contributed by atoms with E-state index in [1.165, 1.54) is 43.6 Å². The van der Waals surface area contributed by atoms with Crippen LogP contribution in [0.1, 0.15) is 17.3 Å². The highest BCUT2D eigenvalue weighted by molar-refractivity contribution is 6.19. The summed E-state index contributed by atoms with van der Waals surface area (Å²) in [5.74, 6) is 1.52. The minimum absolute atomic E-state index is 0.100. The molecule has 2 aromatic heterocycles. The molecular formula is C44H32N6. The molecule has 0 amide bonds. The van der Waals surface area contributed by atoms with Crippen LogP contribution in [-0.2, 0) is 0 Å². The molecule has 2 N–H and O–H groups in total. The van der Waals surface area contributed by atoms with Crippen LogP contribution in [0, 0.1) is 0 Å². The maximum atomic E-state index is 5.08. The third-order valence-corrected chi connectivity index (χ3v) is 9.83. The predicted octanol–water partition coefficient (Wildman–Crippen LogP) is 9.26. The van der Waals surface area contributed by atoms with Crippen LogP contribution in [0.2, 0.25) is 0 Å². The Bertz CT molecular complexity index is 2700. The van der Waals surface area contributed by atoms with Gasteiger partial charge in [0, 0.05) is 50.1 Å². The van der Waals surface area contributed by atoms with Gasteiger partial charge in [-0.1, -0.05) is 121 Å². The SMILES string of the molecule is C1=CC(n2c3ccccc3c3cc4c5ccccc5n(-c5ccccc5)c4cc32)NC=C1C1N=C(c2ccccc2)N=C(c2ccccc2)N1. The molecule has 0 saturated carbocycles. The van der Waals surface area contributed by atoms with Gasteiger partial charge in [0.25, 0.3) is 0 Å². The molecule has 0 bridgehead atoms. The number of para-hydroxylation sites is 3. The van der Waals surface area contributed by atoms with Crippen molar-refractivity contribution < 1.29 is 0 Å². The van der Waals surface area contributed by atoms with Crippen molar-refractivity contribution in [2.45, 2.75) is 12.3 Å². The second-order valence-corrected chi connectivity index (χ2v) is 12.8. The van der Waals surface area contributed by atoms with Crippen molar-refractivity contribution in [3.63, 3.8) is 0 Å². The Balaban J connectivity index is 1.08. The molecule has 4 heterocycles. The Labute approximate surface area is 289 Å². The number of nitrogens with zero attached hydrogens (tertiary/aromatic N) is 4. The third kappa shape index (κ3) is 4.57. The Kier molecular flexibility index (Phi) is 6.52. The number of fused-ring (bicyclic) bond motifs is 6. The number of nitrogens with one attached hydrogen (secondary N) is 2. The highest BCUT2D eigenvalue weighted by Crippen LogP contribution is 2.39. The summed E-state index contributed by atoms with van der Waals surface area (Å²) in [4.78, 5) is 10.0. The van der Waals surface area contributed by atoms with Crippen molar-refractivity contribution in [3.05, 3.63) is 187 Å². The van der Waals surface area contributed by atoms with E-state index in [1.54, 1.807) is 0 Å². The number of dihydropyridines is 1. The lowest BCUT2D eigenvalue weighted by Crippen LogP contribution is -2.41. The Morgan fingerprint density at radius 1 is 0.540 bits per heavy atom. The predicted molar refractivity (Wildman–Crippen MR) is 206 cm³/mol. The van der Waals surface area contributed by atoms with Gasteiger partial charge in [0.2, 0.25) is 0 Å². The maximum absolute atomic E-state index is 5.08. The number of hydrogen-bond donors (Lipinski definition) is 2. The molecule has 0 spiro atoms. The van der Waals surface area contributed by atoms with E-state index in [9.17, 15) is 0 Å². The Hall–Kier alpha value is -6.66. The van der Waals surface area contributed by atoms with Crippen LogP contribution >= 0.6 is 0 Å². The number of amidine groups is 2. The lowest BCUT2D eigenvalue weighted by Gasteiger charge is -2.28. The first-order chi connectivity index (χ1) is 24.8. The summed E-state index contributed by atoms with van der Waals surface area (Å²) in [5, 5.41) is 12.3. The van der Waals surface area contributed by atoms with Gasteiger partial charge in [-0.25, -0.2) is 9.98 Å². The van der Waals surface area contributed by atoms with E-state index in [-0.39, 0.29) is 12.3 Å². The summed E-state index contributed by atoms with van der Waals surface area (Å²) in [6.07, 6.45) is 6.13. The molecule has 2 atom stereocenters. The van der Waals surface area contributed by atoms with Gasteiger partial charge in [0.1, 0.15) is 18.2 Å². The van der Waals surface area contributed by atoms with Crippen LogP contribution in [0.5, 0.6) is 0 Å². The minimum Gasteiger partial charge on any atom is -0.367 e. The standard InChI is InChI=1S/C44H32N6/c1-4-14-29(15-5-1)42-46-43(30-16-6-2-7-17-30)48-44(47-42)31-24-25-41(45-28-31)50-38-23-13-11-21-34(38)36-26-35-33-20-10-12-22-37(33)49(39(35)27-40(36)50)32-18-8-3-9-19-32/h1-28,41,44-45H,(H,46,47,48). The molecule has 2 unspecified atom stereocenters. The smallest absolute Gasteiger partial charge is 0.159 e. The lowest BCUT2D eigenvalue weighted by molar-refractivity contribution is 0.565. The quantitative estimate of drug-likeness (QED) is 0.196. The van der Waals surface area contributed by atoms with Crippen LogP contribution in [0.25, 0.3) is 49.3 Å². The van der Waals surface area contributed by atoms with Gasteiger partial charge in [-0.2, -0.15) is 0 Å². The molecule has 0 saturated heterocycles. The Morgan fingerprint density at radius 3 is 1.88 bits per heavy atom. The molecule has 238 valence electrons. The summed E-state index contributed by atoms with van der Waals surface area (Å²) in [7, 11) is 0. The van der Waals surface area contributed by atoms with Crippen molar-refractivity contribution in [2.75, 3.05) is 0 Å². The van der Waals surface area contributed by atoms with Crippen molar-refractivity contribution in [3.8, 4) is 5.69 Å². The van der Waals surface area contributed by atoms with Gasteiger partial charge in [-0.05, 0) is 42.5 Å². The third-order valence-electron chi connectivity index (χ3n) is 9.83. The zero-order chi connectivity index (χ0) is 33.0. The number of hydrogen-bond acceptors (Lipinski definition) is 4. The van der Waals surface area contributed by atoms with E-state index in [1.807, 2.05) is 36.4 Å². The van der Waals surface area contributed by atoms with Crippen LogP contribution in [-0.4, -0.2) is 27.0 Å². The van der Waals surface area contributed by atoms with Crippen LogP contribution in [0.4, 0.5) is 0 Å². The first kappa shape index (κ1) is 28.4. The monoisotopic (exact) mass is 644 g/mol. The fourth-order valence-corrected chi connectivity index (χ4v) is 7.51. The van der Waals surface area contributed by atoms with E-state index < -0.39 is 0 Å². The molecular weight excluding hydrogens is 613 g/mol. The fourth-order valence-electron chi connectivity index (χ4n) is 7.51. The number of aliphatic imine (C=N–C) groups is 2. The summed E-state index contributed by atoms with van der Waals surface area (Å²) in [6, 6.07) is 53.3. The van der Waals surface area contributed by atoms with E-state index in [0.717, 1.165) is 28.2 Å². The molecule has 10 rings (SSSR count). The van der Waals surface area contributed by atoms with Gasteiger partial charge in [-0.3, -0.25) is 0 Å². The molecule has 2 aliphatic heterocycles. The molecule has 0 aliphatic carbocycles. The van der Waals surface area contributed by atoms with Crippen molar-refractivity contribution >= 4 is 55.3 Å². The largest absolute Gasteiger partial charge is 0.367 e. The van der Waals surface area contributed by atoms with Crippen molar-refractivity contribution in [2.24, 2.45) is 9.98 Å². The van der Waals surface area contributed by atoms with E-state index >= 15 is 0 Å². The topological polar surface area (TPSA) is 58.6 Å². The van der Waals surface area contributed by atoms with Crippen LogP contribution < -0.4 is 10.6 Å². The average molecular weight is 645 g/mol. The first-order valence-electron chi connectivity index (χ1n) is 17.0. The molecule has 0 fully saturated rings. The normalized spacial score (nSPS) is 17.4. The molecule has 6 heteroatoms. The molecule has 2 aliphatic rings. The lowest BCUT2D eigenvalue weighted by atomic mass is 10.1. The van der Waals surface area contributed by atoms with Gasteiger partial charge < -0.3 is 19.8 Å². The first-order valence-corrected chi connectivity index (χ1v) is 17.0. The zero-order valence-electron chi connectivity index (χ0n) is 27.1. The molecule has 0 radical (unpaired) electrons. The Morgan fingerprint density at radius 2 is 1.16 bits per heavy atom. The molecule has 6 aromatic carbocycles. The summed E-state index contributed by atoms with van der Waals surface area (Å²) in [6.45, 7) is 0. The average Bonchev–Trinajstić information content (AvgIpc) is 3.70. The zero-order valence-corrected chi connectivity index (χ0v) is 27.1. The molecule has 6 nitrogen and oxygen atoms in total. The van der Waals surface area contributed by atoms with E-state index in [0.29, 0.717) is 5.84 Å². The minimum atomic E-state index is -0.304. The van der Waals surface area contributed by atoms with E-state index in [2.05, 4.69) is 153 Å². The fraction of sp³-hybridized carbons (Fsp3) is 0.0455. The second-order valence-electron chi connectivity index (χ2n) is 12.8. The number of benzene rings is 6. The van der Waals surface area contributed by atoms with Gasteiger partial charge >= 0.3 is 0 Å². The molecule has 8 aromatic rings. The number of rotatable bonds is 5. The number of aromatic nitrogens is 2. The summed E-state index contributed by atoms with van der Waals surface area (Å²) < 4.78 is 4.81. The van der Waals surface area contributed by atoms with Gasteiger partial charge in [-0.15, -0.1) is 0 Å². The van der Waals surface area contributed by atoms with Crippen LogP contribution in [0.3, 0.4) is 0 Å².